The van der Waals surface area contributed by atoms with Crippen LogP contribution in [0.25, 0.3) is 10.2 Å². The van der Waals surface area contributed by atoms with Gasteiger partial charge in [0.15, 0.2) is 0 Å². The van der Waals surface area contributed by atoms with Gasteiger partial charge >= 0.3 is 0 Å². The van der Waals surface area contributed by atoms with Crippen LogP contribution in [0.2, 0.25) is 4.34 Å². The lowest BCUT2D eigenvalue weighted by molar-refractivity contribution is 1.07. The van der Waals surface area contributed by atoms with Crippen LogP contribution in [-0.2, 0) is 0 Å². The largest absolute Gasteiger partial charge is 0.287 e. The molecule has 3 nitrogen and oxygen atoms in total. The van der Waals surface area contributed by atoms with Crippen LogP contribution in [0, 0.1) is 6.92 Å². The number of thiophene rings is 1. The second-order valence-corrected chi connectivity index (χ2v) is 4.06. The molecule has 0 saturated heterocycles. The summed E-state index contributed by atoms with van der Waals surface area (Å²) >= 11 is 7.20. The van der Waals surface area contributed by atoms with Gasteiger partial charge < -0.3 is 0 Å². The zero-order valence-electron chi connectivity index (χ0n) is 6.22. The van der Waals surface area contributed by atoms with Gasteiger partial charge in [0.2, 0.25) is 5.43 Å². The summed E-state index contributed by atoms with van der Waals surface area (Å²) in [5.41, 5.74) is 0.754. The molecule has 0 fully saturated rings. The highest BCUT2D eigenvalue weighted by Crippen LogP contribution is 2.30. The van der Waals surface area contributed by atoms with Crippen molar-refractivity contribution in [3.63, 3.8) is 0 Å². The van der Waals surface area contributed by atoms with Crippen molar-refractivity contribution in [1.29, 1.82) is 0 Å². The summed E-state index contributed by atoms with van der Waals surface area (Å²) in [6, 6.07) is 0. The molecule has 12 heavy (non-hydrogen) atoms. The Balaban J connectivity index is 3.07. The zero-order chi connectivity index (χ0) is 8.72. The van der Waals surface area contributed by atoms with E-state index in [-0.39, 0.29) is 5.43 Å². The Morgan fingerprint density at radius 1 is 1.67 bits per heavy atom. The van der Waals surface area contributed by atoms with E-state index in [1.807, 2.05) is 6.92 Å². The van der Waals surface area contributed by atoms with Crippen LogP contribution < -0.4 is 5.43 Å². The SMILES string of the molecule is Cc1c(Cl)sc2[nH]ncc(=O)c12. The summed E-state index contributed by atoms with van der Waals surface area (Å²) in [4.78, 5) is 12.0. The molecule has 62 valence electrons. The number of aromatic amines is 1. The Labute approximate surface area is 77.0 Å². The van der Waals surface area contributed by atoms with E-state index in [1.54, 1.807) is 0 Å². The average molecular weight is 201 g/mol. The Morgan fingerprint density at radius 2 is 2.42 bits per heavy atom. The van der Waals surface area contributed by atoms with Gasteiger partial charge in [-0.1, -0.05) is 11.6 Å². The van der Waals surface area contributed by atoms with E-state index in [9.17, 15) is 4.79 Å². The molecule has 0 aliphatic rings. The molecule has 0 radical (unpaired) electrons. The second kappa shape index (κ2) is 2.57. The predicted molar refractivity (Wildman–Crippen MR) is 50.0 cm³/mol. The van der Waals surface area contributed by atoms with Crippen molar-refractivity contribution >= 4 is 33.2 Å². The van der Waals surface area contributed by atoms with Crippen molar-refractivity contribution in [2.75, 3.05) is 0 Å². The number of halogens is 1. The first kappa shape index (κ1) is 7.76. The van der Waals surface area contributed by atoms with Gasteiger partial charge in [0.25, 0.3) is 0 Å². The predicted octanol–water partition coefficient (Wildman–Crippen LogP) is 1.95. The van der Waals surface area contributed by atoms with Gasteiger partial charge in [-0.3, -0.25) is 9.89 Å². The van der Waals surface area contributed by atoms with Crippen molar-refractivity contribution in [3.8, 4) is 0 Å². The van der Waals surface area contributed by atoms with Crippen LogP contribution in [0.5, 0.6) is 0 Å². The summed E-state index contributed by atoms with van der Waals surface area (Å²) in [6.45, 7) is 1.83. The lowest BCUT2D eigenvalue weighted by atomic mass is 10.2. The topological polar surface area (TPSA) is 45.8 Å². The molecule has 0 unspecified atom stereocenters. The highest BCUT2D eigenvalue weighted by molar-refractivity contribution is 7.22. The van der Waals surface area contributed by atoms with Gasteiger partial charge in [-0.05, 0) is 12.5 Å². The van der Waals surface area contributed by atoms with Gasteiger partial charge in [-0.15, -0.1) is 11.3 Å². The number of aromatic nitrogens is 2. The van der Waals surface area contributed by atoms with E-state index >= 15 is 0 Å². The molecule has 0 bridgehead atoms. The molecule has 0 aromatic carbocycles. The number of hydrogen-bond acceptors (Lipinski definition) is 3. The maximum atomic E-state index is 11.3. The monoisotopic (exact) mass is 200 g/mol. The lowest BCUT2D eigenvalue weighted by Crippen LogP contribution is -2.01. The Bertz CT molecular complexity index is 488. The molecule has 2 rings (SSSR count). The van der Waals surface area contributed by atoms with Gasteiger partial charge in [0.05, 0.1) is 15.9 Å². The summed E-state index contributed by atoms with van der Waals surface area (Å²) < 4.78 is 0.645. The van der Waals surface area contributed by atoms with Crippen molar-refractivity contribution in [2.45, 2.75) is 6.92 Å². The Morgan fingerprint density at radius 3 is 3.08 bits per heavy atom. The first-order valence-electron chi connectivity index (χ1n) is 3.32. The van der Waals surface area contributed by atoms with E-state index in [2.05, 4.69) is 10.2 Å². The van der Waals surface area contributed by atoms with Crippen molar-refractivity contribution in [1.82, 2.24) is 10.2 Å². The third-order valence-electron chi connectivity index (χ3n) is 1.68. The second-order valence-electron chi connectivity index (χ2n) is 2.44. The molecule has 2 aromatic rings. The fourth-order valence-corrected chi connectivity index (χ4v) is 2.29. The molecule has 0 amide bonds. The Hall–Kier alpha value is -0.870. The van der Waals surface area contributed by atoms with Gasteiger partial charge in [-0.2, -0.15) is 5.10 Å². The molecule has 0 aliphatic heterocycles. The minimum Gasteiger partial charge on any atom is -0.287 e. The third kappa shape index (κ3) is 0.956. The summed E-state index contributed by atoms with van der Waals surface area (Å²) in [7, 11) is 0. The molecule has 2 heterocycles. The highest BCUT2D eigenvalue weighted by atomic mass is 35.5. The fourth-order valence-electron chi connectivity index (χ4n) is 1.08. The molecule has 1 N–H and O–H groups in total. The first-order chi connectivity index (χ1) is 5.70. The molecule has 0 aliphatic carbocycles. The first-order valence-corrected chi connectivity index (χ1v) is 4.52. The third-order valence-corrected chi connectivity index (χ3v) is 3.18. The number of rotatable bonds is 0. The van der Waals surface area contributed by atoms with Crippen molar-refractivity contribution in [3.05, 3.63) is 26.3 Å². The maximum Gasteiger partial charge on any atom is 0.209 e. The number of nitrogens with zero attached hydrogens (tertiary/aromatic N) is 1. The molecule has 0 spiro atoms. The number of H-pyrrole nitrogens is 1. The van der Waals surface area contributed by atoms with Gasteiger partial charge in [0, 0.05) is 0 Å². The van der Waals surface area contributed by atoms with Crippen LogP contribution in [0.4, 0.5) is 0 Å². The number of aryl methyl sites for hydroxylation is 1. The molecule has 0 saturated carbocycles. The lowest BCUT2D eigenvalue weighted by Gasteiger charge is -1.87. The van der Waals surface area contributed by atoms with Crippen LogP contribution in [0.15, 0.2) is 11.0 Å². The number of nitrogens with one attached hydrogen (secondary N) is 1. The average Bonchev–Trinajstić information content (AvgIpc) is 2.29. The van der Waals surface area contributed by atoms with Crippen LogP contribution in [0.1, 0.15) is 5.56 Å². The molecule has 5 heteroatoms. The van der Waals surface area contributed by atoms with Crippen molar-refractivity contribution < 1.29 is 0 Å². The normalized spacial score (nSPS) is 10.8. The Kier molecular flexibility index (Phi) is 1.66. The standard InChI is InChI=1S/C7H5ClN2OS/c1-3-5-4(11)2-9-10-7(5)12-6(3)8/h2H,1H3,(H,10,11). The molecular weight excluding hydrogens is 196 g/mol. The minimum absolute atomic E-state index is 0.0793. The van der Waals surface area contributed by atoms with Crippen LogP contribution >= 0.6 is 22.9 Å². The van der Waals surface area contributed by atoms with E-state index in [1.165, 1.54) is 17.5 Å². The summed E-state index contributed by atoms with van der Waals surface area (Å²) in [6.07, 6.45) is 1.26. The number of hydrogen-bond donors (Lipinski definition) is 1. The molecule has 2 aromatic heterocycles. The fraction of sp³-hybridized carbons (Fsp3) is 0.143. The van der Waals surface area contributed by atoms with Crippen LogP contribution in [-0.4, -0.2) is 10.2 Å². The molecular formula is C7H5ClN2OS. The van der Waals surface area contributed by atoms with E-state index < -0.39 is 0 Å². The van der Waals surface area contributed by atoms with E-state index in [0.717, 1.165) is 10.4 Å². The smallest absolute Gasteiger partial charge is 0.209 e. The molecule has 0 atom stereocenters. The van der Waals surface area contributed by atoms with Gasteiger partial charge in [0.1, 0.15) is 4.83 Å². The van der Waals surface area contributed by atoms with Crippen molar-refractivity contribution in [2.24, 2.45) is 0 Å². The zero-order valence-corrected chi connectivity index (χ0v) is 7.79. The highest BCUT2D eigenvalue weighted by Gasteiger charge is 2.09. The summed E-state index contributed by atoms with van der Waals surface area (Å²) in [5, 5.41) is 7.07. The maximum absolute atomic E-state index is 11.3. The quantitative estimate of drug-likeness (QED) is 0.707. The minimum atomic E-state index is -0.0793. The summed E-state index contributed by atoms with van der Waals surface area (Å²) in [5.74, 6) is 0. The number of fused-ring (bicyclic) bond motifs is 1. The van der Waals surface area contributed by atoms with E-state index in [4.69, 9.17) is 11.6 Å². The van der Waals surface area contributed by atoms with Gasteiger partial charge in [-0.25, -0.2) is 0 Å². The van der Waals surface area contributed by atoms with E-state index in [0.29, 0.717) is 9.72 Å². The van der Waals surface area contributed by atoms with Crippen LogP contribution in [0.3, 0.4) is 0 Å².